The van der Waals surface area contributed by atoms with Crippen molar-refractivity contribution in [3.05, 3.63) is 53.0 Å². The van der Waals surface area contributed by atoms with Crippen LogP contribution in [0.15, 0.2) is 30.6 Å². The first-order valence-electron chi connectivity index (χ1n) is 8.99. The van der Waals surface area contributed by atoms with Gasteiger partial charge in [0.25, 0.3) is 5.91 Å². The Morgan fingerprint density at radius 1 is 1.38 bits per heavy atom. The van der Waals surface area contributed by atoms with Crippen molar-refractivity contribution in [3.8, 4) is 0 Å². The van der Waals surface area contributed by atoms with Crippen LogP contribution < -0.4 is 5.32 Å². The minimum absolute atomic E-state index is 0.105. The minimum atomic E-state index is -0.270. The number of carbonyl (C=O) groups excluding carboxylic acids is 1. The van der Waals surface area contributed by atoms with Gasteiger partial charge in [0.15, 0.2) is 0 Å². The molecule has 1 aliphatic rings. The van der Waals surface area contributed by atoms with Gasteiger partial charge in [0.1, 0.15) is 0 Å². The summed E-state index contributed by atoms with van der Waals surface area (Å²) in [5.41, 5.74) is 4.74. The molecule has 26 heavy (non-hydrogen) atoms. The molecule has 2 aromatic heterocycles. The van der Waals surface area contributed by atoms with Crippen LogP contribution in [-0.2, 0) is 7.05 Å². The zero-order chi connectivity index (χ0) is 18.4. The Balaban J connectivity index is 1.66. The largest absolute Gasteiger partial charge is 0.393 e. The summed E-state index contributed by atoms with van der Waals surface area (Å²) >= 11 is 0. The summed E-state index contributed by atoms with van der Waals surface area (Å²) in [5, 5.41) is 18.2. The first kappa shape index (κ1) is 16.8. The Labute approximate surface area is 152 Å². The molecule has 4 rings (SSSR count). The lowest BCUT2D eigenvalue weighted by molar-refractivity contribution is 0.0235. The Morgan fingerprint density at radius 3 is 2.81 bits per heavy atom. The molecule has 136 valence electrons. The predicted molar refractivity (Wildman–Crippen MR) is 99.9 cm³/mol. The number of nitrogens with zero attached hydrogens (tertiary/aromatic N) is 2. The summed E-state index contributed by atoms with van der Waals surface area (Å²) in [7, 11) is 1.86. The molecule has 0 aliphatic heterocycles. The topological polar surface area (TPSA) is 82.9 Å². The number of hydrogen-bond donors (Lipinski definition) is 3. The maximum absolute atomic E-state index is 13.1. The molecule has 1 saturated carbocycles. The highest BCUT2D eigenvalue weighted by molar-refractivity contribution is 6.06. The van der Waals surface area contributed by atoms with Gasteiger partial charge < -0.3 is 15.4 Å². The lowest BCUT2D eigenvalue weighted by Crippen LogP contribution is -2.41. The van der Waals surface area contributed by atoms with Crippen molar-refractivity contribution in [3.63, 3.8) is 0 Å². The molecule has 1 aromatic carbocycles. The summed E-state index contributed by atoms with van der Waals surface area (Å²) in [5.74, 6) is 0.122. The van der Waals surface area contributed by atoms with Crippen molar-refractivity contribution >= 4 is 16.8 Å². The van der Waals surface area contributed by atoms with Crippen LogP contribution in [0.25, 0.3) is 10.9 Å². The highest BCUT2D eigenvalue weighted by Gasteiger charge is 2.36. The van der Waals surface area contributed by atoms with Gasteiger partial charge in [0.05, 0.1) is 29.4 Å². The smallest absolute Gasteiger partial charge is 0.253 e. The normalized spacial score (nSPS) is 20.8. The molecule has 0 saturated heterocycles. The van der Waals surface area contributed by atoms with E-state index in [1.54, 1.807) is 10.9 Å². The minimum Gasteiger partial charge on any atom is -0.393 e. The molecule has 0 spiro atoms. The molecule has 2 heterocycles. The van der Waals surface area contributed by atoms with Crippen molar-refractivity contribution < 1.29 is 9.90 Å². The molecule has 1 fully saturated rings. The zero-order valence-corrected chi connectivity index (χ0v) is 15.3. The molecule has 1 amide bonds. The molecule has 3 aromatic rings. The highest BCUT2D eigenvalue weighted by atomic mass is 16.3. The Morgan fingerprint density at radius 2 is 2.15 bits per heavy atom. The van der Waals surface area contributed by atoms with Crippen molar-refractivity contribution in [2.75, 3.05) is 0 Å². The number of H-pyrrole nitrogens is 1. The predicted octanol–water partition coefficient (Wildman–Crippen LogP) is 2.76. The molecule has 6 nitrogen and oxygen atoms in total. The fraction of sp³-hybridized carbons (Fsp3) is 0.400. The van der Waals surface area contributed by atoms with Gasteiger partial charge in [-0.1, -0.05) is 12.1 Å². The number of nitrogens with one attached hydrogen (secondary N) is 2. The second kappa shape index (κ2) is 6.29. The van der Waals surface area contributed by atoms with Crippen molar-refractivity contribution in [2.24, 2.45) is 13.0 Å². The number of aryl methyl sites for hydroxylation is 3. The van der Waals surface area contributed by atoms with E-state index in [0.29, 0.717) is 18.4 Å². The third-order valence-corrected chi connectivity index (χ3v) is 5.58. The molecule has 1 aliphatic carbocycles. The number of fused-ring (bicyclic) bond motifs is 1. The van der Waals surface area contributed by atoms with E-state index in [9.17, 15) is 9.90 Å². The van der Waals surface area contributed by atoms with Crippen molar-refractivity contribution in [2.45, 2.75) is 38.8 Å². The average molecular weight is 352 g/mol. The van der Waals surface area contributed by atoms with Crippen LogP contribution in [0.3, 0.4) is 0 Å². The number of aliphatic hydroxyl groups excluding tert-OH is 1. The van der Waals surface area contributed by atoms with Crippen molar-refractivity contribution in [1.29, 1.82) is 0 Å². The lowest BCUT2D eigenvalue weighted by Gasteiger charge is -2.37. The van der Waals surface area contributed by atoms with E-state index < -0.39 is 0 Å². The van der Waals surface area contributed by atoms with Crippen LogP contribution in [0.4, 0.5) is 0 Å². The van der Waals surface area contributed by atoms with Gasteiger partial charge in [-0.25, -0.2) is 0 Å². The third kappa shape index (κ3) is 2.80. The van der Waals surface area contributed by atoms with Crippen LogP contribution in [0, 0.1) is 19.8 Å². The monoisotopic (exact) mass is 352 g/mol. The Bertz CT molecular complexity index is 966. The van der Waals surface area contributed by atoms with Crippen LogP contribution >= 0.6 is 0 Å². The zero-order valence-electron chi connectivity index (χ0n) is 15.3. The van der Waals surface area contributed by atoms with Gasteiger partial charge in [-0.3, -0.25) is 9.48 Å². The van der Waals surface area contributed by atoms with Gasteiger partial charge in [-0.15, -0.1) is 0 Å². The van der Waals surface area contributed by atoms with E-state index in [0.717, 1.165) is 22.2 Å². The van der Waals surface area contributed by atoms with E-state index in [1.165, 1.54) is 5.56 Å². The maximum Gasteiger partial charge on any atom is 0.253 e. The number of hydrogen-bond acceptors (Lipinski definition) is 3. The molecule has 0 bridgehead atoms. The molecular formula is C20H24N4O2. The van der Waals surface area contributed by atoms with E-state index in [1.807, 2.05) is 38.4 Å². The van der Waals surface area contributed by atoms with E-state index >= 15 is 0 Å². The molecule has 0 unspecified atom stereocenters. The fourth-order valence-electron chi connectivity index (χ4n) is 3.87. The number of aliphatic hydroxyl groups is 1. The van der Waals surface area contributed by atoms with Gasteiger partial charge in [-0.05, 0) is 44.2 Å². The van der Waals surface area contributed by atoms with E-state index in [-0.39, 0.29) is 24.0 Å². The van der Waals surface area contributed by atoms with E-state index in [4.69, 9.17) is 0 Å². The molecular weight excluding hydrogens is 328 g/mol. The molecule has 0 radical (unpaired) electrons. The number of aromatic amines is 1. The number of rotatable bonds is 4. The van der Waals surface area contributed by atoms with Gasteiger partial charge in [-0.2, -0.15) is 5.10 Å². The van der Waals surface area contributed by atoms with Crippen LogP contribution in [0.1, 0.15) is 46.1 Å². The number of para-hydroxylation sites is 1. The highest BCUT2D eigenvalue weighted by Crippen LogP contribution is 2.38. The van der Waals surface area contributed by atoms with Crippen LogP contribution in [0.5, 0.6) is 0 Å². The average Bonchev–Trinajstić information content (AvgIpc) is 3.14. The summed E-state index contributed by atoms with van der Waals surface area (Å²) in [6.07, 6.45) is 4.85. The fourth-order valence-corrected chi connectivity index (χ4v) is 3.87. The SMILES string of the molecule is Cc1[nH]c2c(C(=O)N[C@H](c3cnn(C)c3)C3CC(O)C3)cccc2c1C. The number of aromatic nitrogens is 3. The summed E-state index contributed by atoms with van der Waals surface area (Å²) in [4.78, 5) is 16.4. The maximum atomic E-state index is 13.1. The molecule has 1 atom stereocenters. The first-order chi connectivity index (χ1) is 12.4. The number of carbonyl (C=O) groups is 1. The van der Waals surface area contributed by atoms with Gasteiger partial charge in [0.2, 0.25) is 0 Å². The lowest BCUT2D eigenvalue weighted by atomic mass is 9.75. The van der Waals surface area contributed by atoms with Crippen molar-refractivity contribution in [1.82, 2.24) is 20.1 Å². The third-order valence-electron chi connectivity index (χ3n) is 5.58. The standard InChI is InChI=1S/C20H24N4O2/c1-11-12(2)22-19-16(11)5-4-6-17(19)20(26)23-18(13-7-15(25)8-13)14-9-21-24(3)10-14/h4-6,9-10,13,15,18,22,25H,7-8H2,1-3H3,(H,23,26)/t13?,15?,18-/m0/s1. The molecule has 6 heteroatoms. The second-order valence-electron chi connectivity index (χ2n) is 7.39. The van der Waals surface area contributed by atoms with E-state index in [2.05, 4.69) is 22.3 Å². The van der Waals surface area contributed by atoms with Gasteiger partial charge >= 0.3 is 0 Å². The van der Waals surface area contributed by atoms with Crippen LogP contribution in [-0.4, -0.2) is 31.9 Å². The summed E-state index contributed by atoms with van der Waals surface area (Å²) in [6, 6.07) is 5.66. The molecule has 3 N–H and O–H groups in total. The van der Waals surface area contributed by atoms with Crippen LogP contribution in [0.2, 0.25) is 0 Å². The quantitative estimate of drug-likeness (QED) is 0.675. The summed E-state index contributed by atoms with van der Waals surface area (Å²) in [6.45, 7) is 4.08. The Kier molecular flexibility index (Phi) is 4.07. The first-order valence-corrected chi connectivity index (χ1v) is 8.99. The number of benzene rings is 1. The Hall–Kier alpha value is -2.60. The summed E-state index contributed by atoms with van der Waals surface area (Å²) < 4.78 is 1.74. The van der Waals surface area contributed by atoms with Gasteiger partial charge in [0, 0.05) is 29.9 Å². The second-order valence-corrected chi connectivity index (χ2v) is 7.39. The number of amides is 1.